The molecule has 2 aliphatic carbocycles. The van der Waals surface area contributed by atoms with Gasteiger partial charge in [-0.3, -0.25) is 4.79 Å². The summed E-state index contributed by atoms with van der Waals surface area (Å²) >= 11 is 6.41. The number of ether oxygens (including phenoxy) is 3. The van der Waals surface area contributed by atoms with E-state index in [1.807, 2.05) is 12.1 Å². The third-order valence-electron chi connectivity index (χ3n) is 9.65. The van der Waals surface area contributed by atoms with Gasteiger partial charge in [0.15, 0.2) is 0 Å². The van der Waals surface area contributed by atoms with Crippen LogP contribution in [-0.2, 0) is 31.5 Å². The molecule has 0 unspecified atom stereocenters. The van der Waals surface area contributed by atoms with Gasteiger partial charge in [0.2, 0.25) is 0 Å². The van der Waals surface area contributed by atoms with Crippen LogP contribution in [0.4, 0.5) is 5.69 Å². The lowest BCUT2D eigenvalue weighted by atomic mass is 9.68. The number of carbonyl (C=O) groups excluding carboxylic acids is 1. The summed E-state index contributed by atoms with van der Waals surface area (Å²) in [6.07, 6.45) is 9.51. The summed E-state index contributed by atoms with van der Waals surface area (Å²) in [4.78, 5) is 15.6. The van der Waals surface area contributed by atoms with E-state index in [9.17, 15) is 13.2 Å². The lowest BCUT2D eigenvalue weighted by Crippen LogP contribution is -2.50. The Morgan fingerprint density at radius 3 is 2.82 bits per heavy atom. The van der Waals surface area contributed by atoms with Crippen LogP contribution in [0, 0.1) is 11.8 Å². The van der Waals surface area contributed by atoms with Crippen LogP contribution in [0.1, 0.15) is 60.5 Å². The maximum absolute atomic E-state index is 13.2. The van der Waals surface area contributed by atoms with E-state index in [2.05, 4.69) is 32.6 Å². The van der Waals surface area contributed by atoms with E-state index in [-0.39, 0.29) is 17.1 Å². The minimum absolute atomic E-state index is 0.110. The number of benzene rings is 2. The highest BCUT2D eigenvalue weighted by Crippen LogP contribution is 2.47. The van der Waals surface area contributed by atoms with E-state index in [1.54, 1.807) is 32.2 Å². The van der Waals surface area contributed by atoms with E-state index in [0.717, 1.165) is 49.4 Å². The quantitative estimate of drug-likeness (QED) is 0.365. The van der Waals surface area contributed by atoms with E-state index in [1.165, 1.54) is 11.1 Å². The number of anilines is 1. The number of hydrogen-bond acceptors (Lipinski definition) is 7. The highest BCUT2D eigenvalue weighted by molar-refractivity contribution is 7.88. The number of nitrogens with one attached hydrogen (secondary N) is 2. The molecule has 1 fully saturated rings. The number of carbonyl (C=O) groups is 1. The molecule has 11 heteroatoms. The summed E-state index contributed by atoms with van der Waals surface area (Å²) in [5, 5.41) is 0.739. The highest BCUT2D eigenvalue weighted by Gasteiger charge is 2.44. The Morgan fingerprint density at radius 1 is 1.16 bits per heavy atom. The number of fused-ring (bicyclic) bond motifs is 4. The summed E-state index contributed by atoms with van der Waals surface area (Å²) in [6.45, 7) is 4.75. The standard InChI is InChI=1S/C33H42ClN3O6S/c1-22-5-3-7-30(42-16-15-41-2)27-11-8-25(27)19-37-20-33(14-4-6-23-17-26(34)10-12-28(23)33)21-43-31-13-9-24(18-29(31)37)32(38)36-44(39,40)35-22/h3,7,9-10,12-13,17-18,22,25,27,30,35H,4-6,8,11,14-16,19-21H2,1-2H3,(H,36,38)/b7-3-/t22-,25-,27+,30-,33-/m0/s1. The number of amides is 1. The van der Waals surface area contributed by atoms with Crippen molar-refractivity contribution in [3.05, 3.63) is 70.3 Å². The molecule has 0 aromatic heterocycles. The average molecular weight is 644 g/mol. The number of rotatable bonds is 4. The van der Waals surface area contributed by atoms with Gasteiger partial charge in [-0.25, -0.2) is 4.72 Å². The summed E-state index contributed by atoms with van der Waals surface area (Å²) in [7, 11) is -2.42. The molecule has 1 saturated carbocycles. The van der Waals surface area contributed by atoms with Crippen LogP contribution in [0.3, 0.4) is 0 Å². The monoisotopic (exact) mass is 643 g/mol. The van der Waals surface area contributed by atoms with Crippen molar-refractivity contribution in [2.75, 3.05) is 44.9 Å². The SMILES string of the molecule is COCCO[C@H]1/C=C\C[C@H](C)NS(=O)(=O)NC(=O)c2ccc3c(c2)N(C[C@@H]2CC[C@H]21)C[C@@]1(CCCc2cc(Cl)ccc21)CO3. The molecule has 2 aromatic rings. The second-order valence-electron chi connectivity index (χ2n) is 12.7. The first-order chi connectivity index (χ1) is 21.2. The van der Waals surface area contributed by atoms with Crippen LogP contribution < -0.4 is 19.1 Å². The Morgan fingerprint density at radius 2 is 2.02 bits per heavy atom. The second kappa shape index (κ2) is 13.0. The topological polar surface area (TPSA) is 106 Å². The van der Waals surface area contributed by atoms with E-state index < -0.39 is 22.2 Å². The molecule has 6 rings (SSSR count). The predicted molar refractivity (Wildman–Crippen MR) is 171 cm³/mol. The Balaban J connectivity index is 1.40. The zero-order valence-electron chi connectivity index (χ0n) is 25.4. The molecule has 4 aliphatic rings. The third kappa shape index (κ3) is 6.65. The molecule has 2 aromatic carbocycles. The van der Waals surface area contributed by atoms with Crippen LogP contribution >= 0.6 is 11.6 Å². The molecule has 5 atom stereocenters. The largest absolute Gasteiger partial charge is 0.490 e. The second-order valence-corrected chi connectivity index (χ2v) is 14.6. The first kappa shape index (κ1) is 31.4. The lowest BCUT2D eigenvalue weighted by Gasteiger charge is -2.46. The van der Waals surface area contributed by atoms with Crippen molar-refractivity contribution >= 4 is 33.4 Å². The zero-order valence-corrected chi connectivity index (χ0v) is 27.0. The van der Waals surface area contributed by atoms with Gasteiger partial charge in [-0.1, -0.05) is 29.8 Å². The van der Waals surface area contributed by atoms with Crippen LogP contribution in [0.5, 0.6) is 5.75 Å². The number of hydrogen-bond donors (Lipinski definition) is 2. The van der Waals surface area contributed by atoms with Crippen molar-refractivity contribution in [2.24, 2.45) is 11.8 Å². The third-order valence-corrected chi connectivity index (χ3v) is 11.1. The summed E-state index contributed by atoms with van der Waals surface area (Å²) < 4.78 is 48.7. The van der Waals surface area contributed by atoms with Gasteiger partial charge in [-0.2, -0.15) is 13.1 Å². The van der Waals surface area contributed by atoms with Crippen LogP contribution in [0.2, 0.25) is 5.02 Å². The highest BCUT2D eigenvalue weighted by atomic mass is 35.5. The molecule has 0 radical (unpaired) electrons. The van der Waals surface area contributed by atoms with Gasteiger partial charge in [-0.05, 0) is 98.7 Å². The van der Waals surface area contributed by atoms with E-state index >= 15 is 0 Å². The molecule has 1 spiro atoms. The minimum atomic E-state index is -4.08. The lowest BCUT2D eigenvalue weighted by molar-refractivity contribution is -0.0309. The first-order valence-electron chi connectivity index (χ1n) is 15.6. The molecule has 0 saturated heterocycles. The van der Waals surface area contributed by atoms with Gasteiger partial charge in [0, 0.05) is 42.2 Å². The Bertz CT molecular complexity index is 1520. The molecule has 238 valence electrons. The van der Waals surface area contributed by atoms with Gasteiger partial charge in [0.1, 0.15) is 5.75 Å². The number of methoxy groups -OCH3 is 1. The van der Waals surface area contributed by atoms with Crippen molar-refractivity contribution in [1.29, 1.82) is 0 Å². The molecule has 2 heterocycles. The molecular formula is C33H42ClN3O6S. The van der Waals surface area contributed by atoms with Gasteiger partial charge < -0.3 is 19.1 Å². The molecule has 2 N–H and O–H groups in total. The van der Waals surface area contributed by atoms with Gasteiger partial charge >= 0.3 is 10.2 Å². The van der Waals surface area contributed by atoms with E-state index in [0.29, 0.717) is 50.4 Å². The van der Waals surface area contributed by atoms with Crippen molar-refractivity contribution in [3.63, 3.8) is 0 Å². The Labute approximate surface area is 265 Å². The van der Waals surface area contributed by atoms with Gasteiger partial charge in [0.25, 0.3) is 5.91 Å². The minimum Gasteiger partial charge on any atom is -0.490 e. The van der Waals surface area contributed by atoms with Gasteiger partial charge in [0.05, 0.1) is 31.6 Å². The van der Waals surface area contributed by atoms with Crippen molar-refractivity contribution in [3.8, 4) is 5.75 Å². The Kier molecular flexibility index (Phi) is 9.27. The van der Waals surface area contributed by atoms with Crippen LogP contribution in [-0.4, -0.2) is 66.5 Å². The predicted octanol–water partition coefficient (Wildman–Crippen LogP) is 4.78. The molecule has 2 bridgehead atoms. The number of aryl methyl sites for hydroxylation is 1. The zero-order chi connectivity index (χ0) is 30.9. The molecular weight excluding hydrogens is 602 g/mol. The fourth-order valence-electron chi connectivity index (χ4n) is 7.32. The molecule has 9 nitrogen and oxygen atoms in total. The van der Waals surface area contributed by atoms with Crippen molar-refractivity contribution < 1.29 is 27.4 Å². The van der Waals surface area contributed by atoms with Crippen LogP contribution in [0.25, 0.3) is 0 Å². The summed E-state index contributed by atoms with van der Waals surface area (Å²) in [5.41, 5.74) is 3.35. The average Bonchev–Trinajstić information content (AvgIpc) is 3.11. The van der Waals surface area contributed by atoms with Gasteiger partial charge in [-0.15, -0.1) is 0 Å². The van der Waals surface area contributed by atoms with Crippen molar-refractivity contribution in [2.45, 2.75) is 63.0 Å². The summed E-state index contributed by atoms with van der Waals surface area (Å²) in [5.74, 6) is 0.680. The van der Waals surface area contributed by atoms with Crippen molar-refractivity contribution in [1.82, 2.24) is 9.44 Å². The molecule has 1 amide bonds. The maximum atomic E-state index is 13.2. The fourth-order valence-corrected chi connectivity index (χ4v) is 8.56. The smallest absolute Gasteiger partial charge is 0.301 e. The maximum Gasteiger partial charge on any atom is 0.301 e. The normalized spacial score (nSPS) is 30.6. The number of halogens is 1. The summed E-state index contributed by atoms with van der Waals surface area (Å²) in [6, 6.07) is 11.0. The number of nitrogens with zero attached hydrogens (tertiary/aromatic N) is 1. The molecule has 44 heavy (non-hydrogen) atoms. The fraction of sp³-hybridized carbons (Fsp3) is 0.545. The van der Waals surface area contributed by atoms with E-state index in [4.69, 9.17) is 25.8 Å². The first-order valence-corrected chi connectivity index (χ1v) is 17.4. The Hall–Kier alpha value is -2.63. The van der Waals surface area contributed by atoms with Crippen LogP contribution in [0.15, 0.2) is 48.6 Å². The molecule has 2 aliphatic heterocycles.